The number of fused-ring (bicyclic) bond motifs is 1. The van der Waals surface area contributed by atoms with Crippen LogP contribution in [0, 0.1) is 0 Å². The molecule has 1 atom stereocenters. The maximum Gasteiger partial charge on any atom is 0.0484 e. The Balaban J connectivity index is 1.80. The summed E-state index contributed by atoms with van der Waals surface area (Å²) in [5.74, 6) is 0. The molecule has 3 nitrogen and oxygen atoms in total. The molecule has 1 aliphatic rings. The van der Waals surface area contributed by atoms with Gasteiger partial charge in [-0.05, 0) is 49.3 Å². The number of nitrogens with zero attached hydrogens (tertiary/aromatic N) is 2. The number of hydrogen-bond acceptors (Lipinski definition) is 4. The van der Waals surface area contributed by atoms with E-state index in [9.17, 15) is 0 Å². The Labute approximate surface area is 131 Å². The van der Waals surface area contributed by atoms with Crippen molar-refractivity contribution in [2.24, 2.45) is 5.73 Å². The Morgan fingerprint density at radius 1 is 1.29 bits per heavy atom. The van der Waals surface area contributed by atoms with Crippen LogP contribution in [0.25, 0.3) is 10.1 Å². The molecule has 1 aromatic heterocycles. The third-order valence-corrected chi connectivity index (χ3v) is 5.75. The Bertz CT molecular complexity index is 584. The lowest BCUT2D eigenvalue weighted by Crippen LogP contribution is -2.44. The average Bonchev–Trinajstić information content (AvgIpc) is 2.93. The van der Waals surface area contributed by atoms with E-state index in [1.165, 1.54) is 28.5 Å². The molecule has 0 bridgehead atoms. The molecule has 2 N–H and O–H groups in total. The molecule has 21 heavy (non-hydrogen) atoms. The van der Waals surface area contributed by atoms with Crippen molar-refractivity contribution in [3.63, 3.8) is 0 Å². The van der Waals surface area contributed by atoms with E-state index < -0.39 is 0 Å². The molecule has 0 saturated carbocycles. The van der Waals surface area contributed by atoms with Crippen LogP contribution in [0.1, 0.15) is 24.4 Å². The Morgan fingerprint density at radius 2 is 2.00 bits per heavy atom. The van der Waals surface area contributed by atoms with Crippen LogP contribution in [0.5, 0.6) is 0 Å². The average molecular weight is 303 g/mol. The molecule has 0 amide bonds. The molecule has 0 aliphatic carbocycles. The van der Waals surface area contributed by atoms with E-state index in [4.69, 9.17) is 5.73 Å². The lowest BCUT2D eigenvalue weighted by atomic mass is 9.98. The fourth-order valence-corrected chi connectivity index (χ4v) is 4.45. The number of thiophene rings is 1. The second-order valence-corrected chi connectivity index (χ2v) is 7.08. The van der Waals surface area contributed by atoms with Crippen LogP contribution in [0.2, 0.25) is 0 Å². The van der Waals surface area contributed by atoms with Gasteiger partial charge in [-0.15, -0.1) is 11.3 Å². The van der Waals surface area contributed by atoms with E-state index in [0.717, 1.165) is 19.1 Å². The summed E-state index contributed by atoms with van der Waals surface area (Å²) in [5, 5.41) is 3.69. The predicted octanol–water partition coefficient (Wildman–Crippen LogP) is 2.93. The predicted molar refractivity (Wildman–Crippen MR) is 91.9 cm³/mol. The number of benzene rings is 1. The molecule has 1 saturated heterocycles. The first-order valence-corrected chi connectivity index (χ1v) is 8.65. The van der Waals surface area contributed by atoms with Gasteiger partial charge in [0, 0.05) is 36.4 Å². The van der Waals surface area contributed by atoms with Gasteiger partial charge in [0.15, 0.2) is 0 Å². The highest BCUT2D eigenvalue weighted by molar-refractivity contribution is 7.17. The van der Waals surface area contributed by atoms with Gasteiger partial charge in [-0.25, -0.2) is 0 Å². The lowest BCUT2D eigenvalue weighted by Gasteiger charge is -2.39. The van der Waals surface area contributed by atoms with E-state index in [2.05, 4.69) is 53.5 Å². The molecule has 1 fully saturated rings. The Kier molecular flexibility index (Phi) is 4.60. The third kappa shape index (κ3) is 2.99. The minimum atomic E-state index is 0.365. The number of likely N-dealkylation sites (tertiary alicyclic amines) is 1. The molecule has 1 aromatic carbocycles. The largest absolute Gasteiger partial charge is 0.329 e. The van der Waals surface area contributed by atoms with E-state index in [0.29, 0.717) is 12.6 Å². The summed E-state index contributed by atoms with van der Waals surface area (Å²) in [6, 6.07) is 9.77. The first-order valence-electron chi connectivity index (χ1n) is 7.77. The Hall–Kier alpha value is -0.940. The number of nitrogens with two attached hydrogens (primary N) is 1. The lowest BCUT2D eigenvalue weighted by molar-refractivity contribution is 0.111. The number of hydrogen-bond donors (Lipinski definition) is 1. The van der Waals surface area contributed by atoms with Gasteiger partial charge >= 0.3 is 0 Å². The van der Waals surface area contributed by atoms with Crippen molar-refractivity contribution in [1.82, 2.24) is 9.80 Å². The van der Waals surface area contributed by atoms with Gasteiger partial charge in [0.05, 0.1) is 0 Å². The van der Waals surface area contributed by atoms with Crippen molar-refractivity contribution in [1.29, 1.82) is 0 Å². The van der Waals surface area contributed by atoms with Gasteiger partial charge in [0.2, 0.25) is 0 Å². The summed E-state index contributed by atoms with van der Waals surface area (Å²) in [7, 11) is 4.38. The van der Waals surface area contributed by atoms with Crippen molar-refractivity contribution in [2.45, 2.75) is 24.9 Å². The highest BCUT2D eigenvalue weighted by atomic mass is 32.1. The molecule has 3 rings (SSSR count). The maximum atomic E-state index is 6.13. The Morgan fingerprint density at radius 3 is 2.67 bits per heavy atom. The quantitative estimate of drug-likeness (QED) is 0.942. The van der Waals surface area contributed by atoms with Crippen LogP contribution in [-0.4, -0.2) is 49.6 Å². The second kappa shape index (κ2) is 6.44. The summed E-state index contributed by atoms with van der Waals surface area (Å²) in [4.78, 5) is 4.93. The van der Waals surface area contributed by atoms with Gasteiger partial charge in [-0.2, -0.15) is 0 Å². The van der Waals surface area contributed by atoms with Gasteiger partial charge in [-0.1, -0.05) is 18.2 Å². The SMILES string of the molecule is CN(C)C1CCN(C(CN)c2csc3ccccc23)CC1. The fraction of sp³-hybridized carbons (Fsp3) is 0.529. The zero-order valence-corrected chi connectivity index (χ0v) is 13.8. The van der Waals surface area contributed by atoms with Crippen LogP contribution >= 0.6 is 11.3 Å². The summed E-state index contributed by atoms with van der Waals surface area (Å²) < 4.78 is 1.37. The summed E-state index contributed by atoms with van der Waals surface area (Å²) in [6.07, 6.45) is 2.48. The fourth-order valence-electron chi connectivity index (χ4n) is 3.44. The number of rotatable bonds is 4. The molecule has 1 unspecified atom stereocenters. The van der Waals surface area contributed by atoms with Crippen molar-refractivity contribution >= 4 is 21.4 Å². The van der Waals surface area contributed by atoms with Gasteiger partial charge in [0.25, 0.3) is 0 Å². The van der Waals surface area contributed by atoms with Crippen LogP contribution in [-0.2, 0) is 0 Å². The second-order valence-electron chi connectivity index (χ2n) is 6.17. The van der Waals surface area contributed by atoms with Crippen LogP contribution in [0.3, 0.4) is 0 Å². The van der Waals surface area contributed by atoms with Crippen molar-refractivity contribution in [3.05, 3.63) is 35.2 Å². The molecule has 114 valence electrons. The third-order valence-electron chi connectivity index (χ3n) is 4.76. The van der Waals surface area contributed by atoms with Gasteiger partial charge < -0.3 is 10.6 Å². The molecule has 4 heteroatoms. The zero-order valence-electron chi connectivity index (χ0n) is 13.0. The minimum absolute atomic E-state index is 0.365. The smallest absolute Gasteiger partial charge is 0.0484 e. The van der Waals surface area contributed by atoms with Gasteiger partial charge in [0.1, 0.15) is 0 Å². The molecular weight excluding hydrogens is 278 g/mol. The van der Waals surface area contributed by atoms with E-state index in [-0.39, 0.29) is 0 Å². The molecular formula is C17H25N3S. The van der Waals surface area contributed by atoms with Crippen LogP contribution in [0.4, 0.5) is 0 Å². The zero-order chi connectivity index (χ0) is 14.8. The van der Waals surface area contributed by atoms with Crippen molar-refractivity contribution in [2.75, 3.05) is 33.7 Å². The van der Waals surface area contributed by atoms with E-state index in [1.54, 1.807) is 0 Å². The van der Waals surface area contributed by atoms with Crippen molar-refractivity contribution in [3.8, 4) is 0 Å². The number of piperidine rings is 1. The summed E-state index contributed by atoms with van der Waals surface area (Å²) in [5.41, 5.74) is 7.55. The summed E-state index contributed by atoms with van der Waals surface area (Å²) >= 11 is 1.84. The van der Waals surface area contributed by atoms with Crippen LogP contribution in [0.15, 0.2) is 29.6 Å². The topological polar surface area (TPSA) is 32.5 Å². The minimum Gasteiger partial charge on any atom is -0.329 e. The monoisotopic (exact) mass is 303 g/mol. The van der Waals surface area contributed by atoms with Crippen molar-refractivity contribution < 1.29 is 0 Å². The first-order chi connectivity index (χ1) is 10.2. The highest BCUT2D eigenvalue weighted by Crippen LogP contribution is 2.34. The molecule has 0 spiro atoms. The van der Waals surface area contributed by atoms with Crippen LogP contribution < -0.4 is 5.73 Å². The normalized spacial score (nSPS) is 19.4. The van der Waals surface area contributed by atoms with Gasteiger partial charge in [-0.3, -0.25) is 4.90 Å². The maximum absolute atomic E-state index is 6.13. The standard InChI is InChI=1S/C17H25N3S/c1-19(2)13-7-9-20(10-8-13)16(11-18)15-12-21-17-6-4-3-5-14(15)17/h3-6,12-13,16H,7-11,18H2,1-2H3. The van der Waals surface area contributed by atoms with E-state index in [1.807, 2.05) is 11.3 Å². The molecule has 2 heterocycles. The molecule has 2 aromatic rings. The molecule has 1 aliphatic heterocycles. The summed E-state index contributed by atoms with van der Waals surface area (Å²) in [6.45, 7) is 3.00. The van der Waals surface area contributed by atoms with E-state index >= 15 is 0 Å². The first kappa shape index (κ1) is 15.0. The highest BCUT2D eigenvalue weighted by Gasteiger charge is 2.27. The molecule has 0 radical (unpaired) electrons.